The molecule has 0 spiro atoms. The number of ether oxygens (including phenoxy) is 1. The number of morpholine rings is 1. The van der Waals surface area contributed by atoms with Crippen LogP contribution in [0.5, 0.6) is 0 Å². The maximum absolute atomic E-state index is 5.92. The van der Waals surface area contributed by atoms with Crippen LogP contribution in [0.25, 0.3) is 0 Å². The van der Waals surface area contributed by atoms with E-state index in [-0.39, 0.29) is 0 Å². The van der Waals surface area contributed by atoms with Gasteiger partial charge in [-0.2, -0.15) is 0 Å². The van der Waals surface area contributed by atoms with Gasteiger partial charge in [0.2, 0.25) is 0 Å². The van der Waals surface area contributed by atoms with Crippen molar-refractivity contribution in [3.63, 3.8) is 0 Å². The third kappa shape index (κ3) is 24.4. The van der Waals surface area contributed by atoms with E-state index < -0.39 is 0 Å². The minimum Gasteiger partial charge on any atom is -0.375 e. The number of anilines is 1. The Hall–Kier alpha value is -4.46. The highest BCUT2D eigenvalue weighted by Gasteiger charge is 2.41. The van der Waals surface area contributed by atoms with Crippen LogP contribution in [0.1, 0.15) is 310 Å². The Bertz CT molecular complexity index is 3480. The van der Waals surface area contributed by atoms with Crippen LogP contribution in [0.2, 0.25) is 0 Å². The van der Waals surface area contributed by atoms with Gasteiger partial charge in [-0.3, -0.25) is 39.2 Å². The summed E-state index contributed by atoms with van der Waals surface area (Å²) in [6, 6.07) is 24.2. The van der Waals surface area contributed by atoms with Gasteiger partial charge in [-0.15, -0.1) is 0 Å². The molecule has 0 amide bonds. The van der Waals surface area contributed by atoms with Crippen LogP contribution in [0.4, 0.5) is 5.69 Å². The van der Waals surface area contributed by atoms with Crippen molar-refractivity contribution in [2.24, 2.45) is 0 Å². The molecule has 16 nitrogen and oxygen atoms in total. The zero-order chi connectivity index (χ0) is 81.6. The standard InChI is InChI=1S/2C15H23N.C14H29N3.C13H23N3.C13H26N2O.C13H22N2.C12H21N3/c1-11(2)14-8-7-13-6-5-9-16(12(3)4)15(13)10-14;1-11(2)14-7-5-6-13-8-9-16(12(3)4)10-15(13)14;1-11(2)16-7-6-13-14(10-16)17(12(3)4)9-8-15(13)5;1-9(2)13-12-8-15(10(3)4)6-7-16(12)11(5)14-13;1-10(2)14-6-5-13-12(9-14)15(11(3)4)7-8-16-13;1-10(2)12-5-6-14-7-8-15(11(3)4)9-13(12)14;1-9(2)12-11-7-14(10(3)4)5-6-15(11)8-13-12/h7-8,10-12H,5-6,9H2,1-4H3;5-7,11-12H,8-10H2,1-4H3;11-14H,6-10H2,1-5H3;9-10H,6-8H2,1-5H3;10-13H,5-9H2,1-4H3;5-6,10-11H,7-9H2,1-4H3;8-10H,5-7H2,1-4H3. The van der Waals surface area contributed by atoms with E-state index in [1.807, 2.05) is 6.33 Å². The molecule has 2 aromatic carbocycles. The maximum Gasteiger partial charge on any atom is 0.106 e. The Morgan fingerprint density at radius 3 is 1.52 bits per heavy atom. The van der Waals surface area contributed by atoms with Gasteiger partial charge in [0.1, 0.15) is 5.82 Å². The molecule has 9 aliphatic heterocycles. The molecule has 5 aromatic rings. The fraction of sp³-hybridized carbons (Fsp3) is 0.768. The first-order valence-electron chi connectivity index (χ1n) is 45.0. The molecule has 3 aromatic heterocycles. The normalized spacial score (nSPS) is 21.8. The van der Waals surface area contributed by atoms with Gasteiger partial charge in [0, 0.05) is 214 Å². The lowest BCUT2D eigenvalue weighted by molar-refractivity contribution is -0.115. The van der Waals surface area contributed by atoms with E-state index >= 15 is 0 Å². The summed E-state index contributed by atoms with van der Waals surface area (Å²) >= 11 is 0. The number of likely N-dealkylation sites (tertiary alicyclic amines) is 2. The number of piperidine rings is 2. The summed E-state index contributed by atoms with van der Waals surface area (Å²) in [5.74, 6) is 4.16. The van der Waals surface area contributed by atoms with Crippen molar-refractivity contribution in [2.75, 3.05) is 97.1 Å². The van der Waals surface area contributed by atoms with Gasteiger partial charge in [-0.05, 0) is 246 Å². The van der Waals surface area contributed by atoms with Gasteiger partial charge >= 0.3 is 0 Å². The second-order valence-electron chi connectivity index (χ2n) is 38.4. The lowest BCUT2D eigenvalue weighted by Crippen LogP contribution is -2.66. The quantitative estimate of drug-likeness (QED) is 0.106. The van der Waals surface area contributed by atoms with Gasteiger partial charge in [0.15, 0.2) is 0 Å². The van der Waals surface area contributed by atoms with Gasteiger partial charge in [-0.25, -0.2) is 9.97 Å². The highest BCUT2D eigenvalue weighted by molar-refractivity contribution is 5.58. The fourth-order valence-corrected chi connectivity index (χ4v) is 18.8. The number of aromatic nitrogens is 5. The van der Waals surface area contributed by atoms with Crippen molar-refractivity contribution >= 4 is 5.69 Å². The number of imidazole rings is 2. The second kappa shape index (κ2) is 42.6. The van der Waals surface area contributed by atoms with E-state index in [0.717, 1.165) is 84.1 Å². The summed E-state index contributed by atoms with van der Waals surface area (Å²) < 4.78 is 13.1. The van der Waals surface area contributed by atoms with Gasteiger partial charge in [0.05, 0.1) is 41.8 Å². The van der Waals surface area contributed by atoms with Crippen LogP contribution in [0.3, 0.4) is 0 Å². The number of fused-ring (bicyclic) bond motifs is 7. The van der Waals surface area contributed by atoms with E-state index in [0.29, 0.717) is 96.1 Å². The second-order valence-corrected chi connectivity index (χ2v) is 38.4. The summed E-state index contributed by atoms with van der Waals surface area (Å²) in [5, 5.41) is 0. The van der Waals surface area contributed by atoms with E-state index in [1.165, 1.54) is 148 Å². The molecule has 4 saturated heterocycles. The Labute approximate surface area is 681 Å². The monoisotopic (exact) mass is 1530 g/mol. The molecule has 0 aliphatic carbocycles. The largest absolute Gasteiger partial charge is 0.375 e. The molecular weight excluding hydrogens is 1370 g/mol. The van der Waals surface area contributed by atoms with Gasteiger partial charge in [-0.1, -0.05) is 99.6 Å². The molecule has 111 heavy (non-hydrogen) atoms. The average molecular weight is 1540 g/mol. The van der Waals surface area contributed by atoms with Gasteiger partial charge in [0.25, 0.3) is 0 Å². The Morgan fingerprint density at radius 2 is 0.955 bits per heavy atom. The summed E-state index contributed by atoms with van der Waals surface area (Å²) in [7, 11) is 2.31. The van der Waals surface area contributed by atoms with Crippen molar-refractivity contribution in [3.8, 4) is 0 Å². The van der Waals surface area contributed by atoms with E-state index in [4.69, 9.17) is 9.72 Å². The SMILES string of the molecule is CC(C)N1CCC2C(C1)N(C(C)C)CCN2C.CC(C)N1CCC2OCCN(C(C)C)C2C1.CC(C)c1ccc2c(c1)N(C(C)C)CCC2.CC(C)c1cccc2c1CN(C(C)C)CC2.CC(C)c1ccn2c1CN(C(C)C)CC2.CC(C)c1ncn2c1CN(C(C)C)CC2.Cc1nc(C(C)C)c2n1CCN(C(C)C)C2. The summed E-state index contributed by atoms with van der Waals surface area (Å²) in [5.41, 5.74) is 17.7. The fourth-order valence-electron chi connectivity index (χ4n) is 18.8. The smallest absolute Gasteiger partial charge is 0.106 e. The summed E-state index contributed by atoms with van der Waals surface area (Å²) in [6.45, 7) is 89.1. The predicted octanol–water partition coefficient (Wildman–Crippen LogP) is 18.2. The highest BCUT2D eigenvalue weighted by Crippen LogP contribution is 2.35. The molecule has 4 fully saturated rings. The van der Waals surface area contributed by atoms with Crippen LogP contribution < -0.4 is 4.90 Å². The Balaban J connectivity index is 0.000000163. The molecule has 0 radical (unpaired) electrons. The molecule has 16 heteroatoms. The number of benzene rings is 2. The third-order valence-electron chi connectivity index (χ3n) is 26.2. The van der Waals surface area contributed by atoms with Crippen LogP contribution in [0, 0.1) is 6.92 Å². The molecule has 0 saturated carbocycles. The number of rotatable bonds is 14. The zero-order valence-corrected chi connectivity index (χ0v) is 76.9. The number of likely N-dealkylation sites (N-methyl/N-ethyl adjacent to an activating group) is 1. The first-order valence-corrected chi connectivity index (χ1v) is 45.0. The molecule has 4 atom stereocenters. The van der Waals surface area contributed by atoms with Crippen molar-refractivity contribution in [1.82, 2.24) is 67.8 Å². The van der Waals surface area contributed by atoms with Crippen molar-refractivity contribution < 1.29 is 4.74 Å². The van der Waals surface area contributed by atoms with Crippen LogP contribution >= 0.6 is 0 Å². The lowest BCUT2D eigenvalue weighted by atomic mass is 9.89. The van der Waals surface area contributed by atoms with Crippen LogP contribution in [-0.4, -0.2) is 239 Å². The van der Waals surface area contributed by atoms with Gasteiger partial charge < -0.3 is 28.2 Å². The number of aryl methyl sites for hydroxylation is 2. The molecule has 0 N–H and O–H groups in total. The topological polar surface area (TPSA) is 82.2 Å². The molecule has 4 unspecified atom stereocenters. The summed E-state index contributed by atoms with van der Waals surface area (Å²) in [6.07, 6.45) is 11.0. The predicted molar refractivity (Wildman–Crippen MR) is 474 cm³/mol. The molecule has 14 rings (SSSR count). The van der Waals surface area contributed by atoms with Crippen LogP contribution in [-0.2, 0) is 63.4 Å². The number of hydrogen-bond acceptors (Lipinski definition) is 13. The Kier molecular flexibility index (Phi) is 35.3. The lowest BCUT2D eigenvalue weighted by Gasteiger charge is -2.53. The highest BCUT2D eigenvalue weighted by atomic mass is 16.5. The minimum absolute atomic E-state index is 0.478. The molecular formula is C95H167N15O. The molecule has 9 aliphatic rings. The van der Waals surface area contributed by atoms with Crippen molar-refractivity contribution in [2.45, 2.75) is 387 Å². The molecule has 12 heterocycles. The number of hydrogen-bond donors (Lipinski definition) is 0. The van der Waals surface area contributed by atoms with E-state index in [1.54, 1.807) is 16.7 Å². The van der Waals surface area contributed by atoms with Crippen molar-refractivity contribution in [1.29, 1.82) is 0 Å². The van der Waals surface area contributed by atoms with Crippen molar-refractivity contribution in [3.05, 3.63) is 123 Å². The first-order chi connectivity index (χ1) is 52.5. The maximum atomic E-state index is 5.92. The Morgan fingerprint density at radius 1 is 0.405 bits per heavy atom. The van der Waals surface area contributed by atoms with E-state index in [9.17, 15) is 0 Å². The summed E-state index contributed by atoms with van der Waals surface area (Å²) in [4.78, 5) is 35.1. The van der Waals surface area contributed by atoms with Crippen LogP contribution in [0.15, 0.2) is 55.0 Å². The number of piperazine rings is 1. The third-order valence-corrected chi connectivity index (χ3v) is 26.2. The minimum atomic E-state index is 0.478. The van der Waals surface area contributed by atoms with E-state index in [2.05, 4.69) is 324 Å². The average Bonchev–Trinajstić information content (AvgIpc) is 1.77. The number of nitrogens with zero attached hydrogens (tertiary/aromatic N) is 15. The molecule has 0 bridgehead atoms. The molecule has 628 valence electrons. The zero-order valence-electron chi connectivity index (χ0n) is 76.9. The first kappa shape index (κ1) is 92.1.